The van der Waals surface area contributed by atoms with Gasteiger partial charge in [0.15, 0.2) is 11.0 Å². The normalized spacial score (nSPS) is 10.6. The Kier molecular flexibility index (Phi) is 6.60. The number of rotatable bonds is 7. The van der Waals surface area contributed by atoms with Crippen molar-refractivity contribution in [1.82, 2.24) is 14.8 Å². The Morgan fingerprint density at radius 2 is 1.93 bits per heavy atom. The largest absolute Gasteiger partial charge is 0.486 e. The topological polar surface area (TPSA) is 69.0 Å². The van der Waals surface area contributed by atoms with Gasteiger partial charge in [-0.15, -0.1) is 10.2 Å². The summed E-state index contributed by atoms with van der Waals surface area (Å²) in [4.78, 5) is 12.1. The molecule has 0 unspecified atom stereocenters. The Balaban J connectivity index is 1.52. The van der Waals surface area contributed by atoms with E-state index in [0.29, 0.717) is 32.5 Å². The average molecular weight is 423 g/mol. The van der Waals surface area contributed by atoms with Crippen LogP contribution < -0.4 is 10.1 Å². The fraction of sp³-hybridized carbons (Fsp3) is 0.167. The highest BCUT2D eigenvalue weighted by Crippen LogP contribution is 2.20. The lowest BCUT2D eigenvalue weighted by molar-refractivity contribution is -0.113. The van der Waals surface area contributed by atoms with Crippen LogP contribution in [0, 0.1) is 0 Å². The van der Waals surface area contributed by atoms with Crippen LogP contribution in [0.15, 0.2) is 53.7 Å². The molecule has 1 amide bonds. The van der Waals surface area contributed by atoms with Crippen molar-refractivity contribution in [3.05, 3.63) is 64.4 Å². The Hall–Kier alpha value is -2.22. The van der Waals surface area contributed by atoms with Crippen LogP contribution in [0.25, 0.3) is 0 Å². The maximum absolute atomic E-state index is 12.1. The smallest absolute Gasteiger partial charge is 0.234 e. The molecule has 2 aromatic carbocycles. The molecular formula is C18H16Cl2N4O2S. The fourth-order valence-electron chi connectivity index (χ4n) is 2.17. The molecule has 9 heteroatoms. The quantitative estimate of drug-likeness (QED) is 0.570. The monoisotopic (exact) mass is 422 g/mol. The summed E-state index contributed by atoms with van der Waals surface area (Å²) in [7, 11) is 1.83. The summed E-state index contributed by atoms with van der Waals surface area (Å²) in [5.74, 6) is 1.40. The first-order chi connectivity index (χ1) is 13.0. The van der Waals surface area contributed by atoms with Gasteiger partial charge in [-0.2, -0.15) is 0 Å². The lowest BCUT2D eigenvalue weighted by Crippen LogP contribution is -2.14. The van der Waals surface area contributed by atoms with Gasteiger partial charge in [-0.3, -0.25) is 4.79 Å². The van der Waals surface area contributed by atoms with Gasteiger partial charge >= 0.3 is 0 Å². The molecule has 1 N–H and O–H groups in total. The number of carbonyl (C=O) groups is 1. The molecule has 140 valence electrons. The van der Waals surface area contributed by atoms with E-state index in [1.54, 1.807) is 53.1 Å². The number of thioether (sulfide) groups is 1. The van der Waals surface area contributed by atoms with Crippen LogP contribution in [0.1, 0.15) is 5.82 Å². The number of hydrogen-bond acceptors (Lipinski definition) is 5. The van der Waals surface area contributed by atoms with Crippen LogP contribution in [0.5, 0.6) is 5.75 Å². The molecule has 27 heavy (non-hydrogen) atoms. The summed E-state index contributed by atoms with van der Waals surface area (Å²) >= 11 is 13.1. The van der Waals surface area contributed by atoms with Crippen LogP contribution in [0.4, 0.5) is 5.69 Å². The molecule has 0 aliphatic heterocycles. The van der Waals surface area contributed by atoms with Gasteiger partial charge in [0.25, 0.3) is 0 Å². The van der Waals surface area contributed by atoms with E-state index in [4.69, 9.17) is 27.9 Å². The molecule has 0 aliphatic rings. The number of anilines is 1. The van der Waals surface area contributed by atoms with Crippen molar-refractivity contribution in [3.8, 4) is 5.75 Å². The van der Waals surface area contributed by atoms with E-state index >= 15 is 0 Å². The highest BCUT2D eigenvalue weighted by molar-refractivity contribution is 7.99. The van der Waals surface area contributed by atoms with Crippen LogP contribution in [-0.2, 0) is 18.4 Å². The second-order valence-corrected chi connectivity index (χ2v) is 7.36. The first-order valence-corrected chi connectivity index (χ1v) is 9.70. The molecule has 1 heterocycles. The van der Waals surface area contributed by atoms with Gasteiger partial charge in [0, 0.05) is 22.8 Å². The second kappa shape index (κ2) is 9.12. The Labute approximate surface area is 170 Å². The molecular weight excluding hydrogens is 407 g/mol. The van der Waals surface area contributed by atoms with E-state index in [9.17, 15) is 4.79 Å². The lowest BCUT2D eigenvalue weighted by Gasteiger charge is -2.07. The zero-order valence-electron chi connectivity index (χ0n) is 14.4. The summed E-state index contributed by atoms with van der Waals surface area (Å²) < 4.78 is 7.47. The number of benzene rings is 2. The molecule has 0 saturated carbocycles. The predicted molar refractivity (Wildman–Crippen MR) is 108 cm³/mol. The lowest BCUT2D eigenvalue weighted by atomic mass is 10.3. The van der Waals surface area contributed by atoms with E-state index in [0.717, 1.165) is 0 Å². The number of nitrogens with one attached hydrogen (secondary N) is 1. The van der Waals surface area contributed by atoms with Crippen molar-refractivity contribution in [2.24, 2.45) is 7.05 Å². The van der Waals surface area contributed by atoms with Crippen LogP contribution >= 0.6 is 35.0 Å². The number of halogens is 2. The summed E-state index contributed by atoms with van der Waals surface area (Å²) in [6.07, 6.45) is 0. The third-order valence-corrected chi connectivity index (χ3v) is 5.05. The van der Waals surface area contributed by atoms with Gasteiger partial charge in [-0.25, -0.2) is 0 Å². The van der Waals surface area contributed by atoms with E-state index in [2.05, 4.69) is 15.5 Å². The molecule has 0 atom stereocenters. The van der Waals surface area contributed by atoms with Gasteiger partial charge in [-0.05, 0) is 42.5 Å². The minimum absolute atomic E-state index is 0.149. The van der Waals surface area contributed by atoms with Gasteiger partial charge in [0.2, 0.25) is 5.91 Å². The van der Waals surface area contributed by atoms with Gasteiger partial charge in [0.1, 0.15) is 12.4 Å². The zero-order valence-corrected chi connectivity index (χ0v) is 16.7. The van der Waals surface area contributed by atoms with Crippen molar-refractivity contribution in [1.29, 1.82) is 0 Å². The minimum Gasteiger partial charge on any atom is -0.486 e. The SMILES string of the molecule is Cn1c(COc2ccc(Cl)cc2)nnc1SCC(=O)Nc1cccc(Cl)c1. The maximum Gasteiger partial charge on any atom is 0.234 e. The van der Waals surface area contributed by atoms with Gasteiger partial charge in [0.05, 0.1) is 5.75 Å². The summed E-state index contributed by atoms with van der Waals surface area (Å²) in [5, 5.41) is 12.9. The second-order valence-electron chi connectivity index (χ2n) is 5.55. The highest BCUT2D eigenvalue weighted by atomic mass is 35.5. The minimum atomic E-state index is -0.149. The maximum atomic E-state index is 12.1. The summed E-state index contributed by atoms with van der Waals surface area (Å²) in [6.45, 7) is 0.264. The molecule has 0 spiro atoms. The van der Waals surface area contributed by atoms with Crippen molar-refractivity contribution in [2.75, 3.05) is 11.1 Å². The van der Waals surface area contributed by atoms with E-state index in [-0.39, 0.29) is 18.3 Å². The van der Waals surface area contributed by atoms with E-state index < -0.39 is 0 Å². The van der Waals surface area contributed by atoms with Crippen LogP contribution in [0.3, 0.4) is 0 Å². The predicted octanol–water partition coefficient (Wildman–Crippen LogP) is 4.43. The van der Waals surface area contributed by atoms with Crippen molar-refractivity contribution >= 4 is 46.6 Å². The van der Waals surface area contributed by atoms with E-state index in [1.165, 1.54) is 11.8 Å². The Morgan fingerprint density at radius 1 is 1.15 bits per heavy atom. The molecule has 0 fully saturated rings. The Bertz CT molecular complexity index is 931. The Morgan fingerprint density at radius 3 is 2.67 bits per heavy atom. The zero-order chi connectivity index (χ0) is 19.2. The van der Waals surface area contributed by atoms with Gasteiger partial charge in [-0.1, -0.05) is 41.0 Å². The third-order valence-electron chi connectivity index (χ3n) is 3.55. The van der Waals surface area contributed by atoms with Crippen molar-refractivity contribution in [3.63, 3.8) is 0 Å². The number of amides is 1. The standard InChI is InChI=1S/C18H16Cl2N4O2S/c1-24-16(10-26-15-7-5-12(19)6-8-15)22-23-18(24)27-11-17(25)21-14-4-2-3-13(20)9-14/h2-9H,10-11H2,1H3,(H,21,25). The molecule has 0 bridgehead atoms. The van der Waals surface area contributed by atoms with Crippen LogP contribution in [-0.4, -0.2) is 26.4 Å². The average Bonchev–Trinajstić information content (AvgIpc) is 2.99. The van der Waals surface area contributed by atoms with Crippen molar-refractivity contribution in [2.45, 2.75) is 11.8 Å². The van der Waals surface area contributed by atoms with Crippen LogP contribution in [0.2, 0.25) is 10.0 Å². The first kappa shape index (κ1) is 19.5. The molecule has 3 rings (SSSR count). The molecule has 3 aromatic rings. The summed E-state index contributed by atoms with van der Waals surface area (Å²) in [6, 6.07) is 14.1. The number of nitrogens with zero attached hydrogens (tertiary/aromatic N) is 3. The molecule has 0 aliphatic carbocycles. The van der Waals surface area contributed by atoms with Gasteiger partial charge < -0.3 is 14.6 Å². The number of aromatic nitrogens is 3. The molecule has 0 saturated heterocycles. The highest BCUT2D eigenvalue weighted by Gasteiger charge is 2.12. The number of ether oxygens (including phenoxy) is 1. The molecule has 0 radical (unpaired) electrons. The fourth-order valence-corrected chi connectivity index (χ4v) is 3.21. The first-order valence-electron chi connectivity index (χ1n) is 7.96. The number of hydrogen-bond donors (Lipinski definition) is 1. The third kappa shape index (κ3) is 5.63. The molecule has 1 aromatic heterocycles. The molecule has 6 nitrogen and oxygen atoms in total. The van der Waals surface area contributed by atoms with E-state index in [1.807, 2.05) is 7.05 Å². The number of carbonyl (C=O) groups excluding carboxylic acids is 1. The summed E-state index contributed by atoms with van der Waals surface area (Å²) in [5.41, 5.74) is 0.656. The van der Waals surface area contributed by atoms with Crippen molar-refractivity contribution < 1.29 is 9.53 Å².